The summed E-state index contributed by atoms with van der Waals surface area (Å²) in [4.78, 5) is 31.5. The molecular weight excluding hydrogens is 430 g/mol. The topological polar surface area (TPSA) is 73.3 Å². The quantitative estimate of drug-likeness (QED) is 0.717. The summed E-state index contributed by atoms with van der Waals surface area (Å²) in [5.74, 6) is -0.481. The number of carbonyl (C=O) groups excluding carboxylic acids is 2. The van der Waals surface area contributed by atoms with Crippen molar-refractivity contribution in [2.45, 2.75) is 25.2 Å². The Morgan fingerprint density at radius 2 is 1.88 bits per heavy atom. The van der Waals surface area contributed by atoms with Crippen molar-refractivity contribution in [3.63, 3.8) is 0 Å². The minimum atomic E-state index is -0.765. The van der Waals surface area contributed by atoms with Crippen LogP contribution in [0.5, 0.6) is 0 Å². The second-order valence-electron chi connectivity index (χ2n) is 8.73. The van der Waals surface area contributed by atoms with Crippen molar-refractivity contribution in [2.75, 3.05) is 44.2 Å². The van der Waals surface area contributed by atoms with E-state index in [4.69, 9.17) is 16.3 Å². The minimum absolute atomic E-state index is 0.155. The van der Waals surface area contributed by atoms with Gasteiger partial charge in [-0.3, -0.25) is 9.69 Å². The maximum Gasteiger partial charge on any atom is 0.339 e. The first kappa shape index (κ1) is 21.2. The molecule has 0 radical (unpaired) electrons. The van der Waals surface area contributed by atoms with Gasteiger partial charge >= 0.3 is 5.97 Å². The number of anilines is 1. The number of piperazine rings is 1. The van der Waals surface area contributed by atoms with Crippen LogP contribution in [0.4, 0.5) is 5.69 Å². The average molecular weight is 456 g/mol. The summed E-state index contributed by atoms with van der Waals surface area (Å²) in [6.07, 6.45) is 0.126. The van der Waals surface area contributed by atoms with E-state index in [2.05, 4.69) is 4.90 Å². The normalized spacial score (nSPS) is 24.0. The van der Waals surface area contributed by atoms with Crippen molar-refractivity contribution in [2.24, 2.45) is 0 Å². The van der Waals surface area contributed by atoms with E-state index >= 15 is 0 Å². The molecule has 3 heterocycles. The Balaban J connectivity index is 1.30. The standard InChI is InChI=1S/C24H26ClN3O4/c1-16(29)26-10-12-27(13-11-26)17-6-7-19(21(25)14-17)22(30)28-9-8-24(15-28)20-5-3-2-4-18(20)23(31)32-24/h2-7,14,16,29H,8-13,15H2,1H3/t16?,24-/m0/s1. The Kier molecular flexibility index (Phi) is 5.35. The van der Waals surface area contributed by atoms with Gasteiger partial charge in [0.2, 0.25) is 0 Å². The molecule has 5 rings (SSSR count). The number of aliphatic hydroxyl groups is 1. The van der Waals surface area contributed by atoms with Crippen LogP contribution in [0.3, 0.4) is 0 Å². The van der Waals surface area contributed by atoms with Gasteiger partial charge in [-0.15, -0.1) is 0 Å². The Morgan fingerprint density at radius 3 is 2.59 bits per heavy atom. The highest BCUT2D eigenvalue weighted by Crippen LogP contribution is 2.43. The Morgan fingerprint density at radius 1 is 1.12 bits per heavy atom. The summed E-state index contributed by atoms with van der Waals surface area (Å²) in [5, 5.41) is 10.2. The molecule has 8 heteroatoms. The van der Waals surface area contributed by atoms with Gasteiger partial charge in [-0.2, -0.15) is 0 Å². The number of halogens is 1. The van der Waals surface area contributed by atoms with E-state index in [0.717, 1.165) is 37.4 Å². The lowest BCUT2D eigenvalue weighted by molar-refractivity contribution is -0.00307. The molecule has 7 nitrogen and oxygen atoms in total. The minimum Gasteiger partial charge on any atom is -0.449 e. The molecule has 2 fully saturated rings. The largest absolute Gasteiger partial charge is 0.449 e. The third-order valence-electron chi connectivity index (χ3n) is 6.84. The second-order valence-corrected chi connectivity index (χ2v) is 9.13. The molecule has 3 aliphatic rings. The monoisotopic (exact) mass is 455 g/mol. The lowest BCUT2D eigenvalue weighted by Crippen LogP contribution is -2.49. The smallest absolute Gasteiger partial charge is 0.339 e. The van der Waals surface area contributed by atoms with Gasteiger partial charge in [-0.1, -0.05) is 29.8 Å². The number of aliphatic hydroxyl groups excluding tert-OH is 1. The van der Waals surface area contributed by atoms with E-state index in [1.165, 1.54) is 0 Å². The molecular formula is C24H26ClN3O4. The Bertz CT molecular complexity index is 1070. The SMILES string of the molecule is CC(O)N1CCN(c2ccc(C(=O)N3CC[C@@]4(C3)OC(=O)c3ccccc34)c(Cl)c2)CC1. The number of likely N-dealkylation sites (tertiary alicyclic amines) is 1. The van der Waals surface area contributed by atoms with Crippen LogP contribution >= 0.6 is 11.6 Å². The fourth-order valence-corrected chi connectivity index (χ4v) is 5.26. The van der Waals surface area contributed by atoms with Gasteiger partial charge in [-0.25, -0.2) is 4.79 Å². The molecule has 2 saturated heterocycles. The molecule has 1 spiro atoms. The molecule has 0 aliphatic carbocycles. The zero-order valence-corrected chi connectivity index (χ0v) is 18.7. The summed E-state index contributed by atoms with van der Waals surface area (Å²) in [6.45, 7) is 5.72. The second kappa shape index (κ2) is 8.06. The van der Waals surface area contributed by atoms with E-state index < -0.39 is 11.8 Å². The van der Waals surface area contributed by atoms with E-state index in [1.807, 2.05) is 35.2 Å². The molecule has 1 unspecified atom stereocenters. The van der Waals surface area contributed by atoms with Crippen LogP contribution < -0.4 is 4.90 Å². The molecule has 0 bridgehead atoms. The summed E-state index contributed by atoms with van der Waals surface area (Å²) >= 11 is 6.55. The molecule has 0 saturated carbocycles. The first-order valence-corrected chi connectivity index (χ1v) is 11.3. The van der Waals surface area contributed by atoms with Crippen LogP contribution in [0.15, 0.2) is 42.5 Å². The zero-order chi connectivity index (χ0) is 22.5. The maximum atomic E-state index is 13.3. The summed E-state index contributed by atoms with van der Waals surface area (Å²) in [6, 6.07) is 12.9. The molecule has 3 aliphatic heterocycles. The fourth-order valence-electron chi connectivity index (χ4n) is 5.00. The first-order valence-electron chi connectivity index (χ1n) is 11.0. The van der Waals surface area contributed by atoms with Gasteiger partial charge in [0.15, 0.2) is 5.60 Å². The fraction of sp³-hybridized carbons (Fsp3) is 0.417. The van der Waals surface area contributed by atoms with Crippen LogP contribution in [0.1, 0.15) is 39.6 Å². The number of nitrogens with zero attached hydrogens (tertiary/aromatic N) is 3. The summed E-state index contributed by atoms with van der Waals surface area (Å²) < 4.78 is 5.76. The number of amides is 1. The van der Waals surface area contributed by atoms with Gasteiger partial charge in [0.25, 0.3) is 5.91 Å². The lowest BCUT2D eigenvalue weighted by atomic mass is 9.91. The van der Waals surface area contributed by atoms with Crippen molar-refractivity contribution < 1.29 is 19.4 Å². The molecule has 2 atom stereocenters. The Labute approximate surface area is 192 Å². The molecule has 1 amide bonds. The van der Waals surface area contributed by atoms with Crippen LogP contribution in [0, 0.1) is 0 Å². The van der Waals surface area contributed by atoms with Crippen molar-refractivity contribution in [3.05, 3.63) is 64.2 Å². The predicted octanol–water partition coefficient (Wildman–Crippen LogP) is 2.71. The number of hydrogen-bond acceptors (Lipinski definition) is 6. The highest BCUT2D eigenvalue weighted by atomic mass is 35.5. The number of carbonyl (C=O) groups is 2. The van der Waals surface area contributed by atoms with Crippen molar-refractivity contribution in [1.82, 2.24) is 9.80 Å². The van der Waals surface area contributed by atoms with Gasteiger partial charge in [0.1, 0.15) is 6.23 Å². The molecule has 32 heavy (non-hydrogen) atoms. The molecule has 2 aromatic rings. The van der Waals surface area contributed by atoms with Crippen LogP contribution in [0.2, 0.25) is 5.02 Å². The molecule has 0 aromatic heterocycles. The molecule has 2 aromatic carbocycles. The van der Waals surface area contributed by atoms with Gasteiger partial charge in [0.05, 0.1) is 22.7 Å². The highest BCUT2D eigenvalue weighted by Gasteiger charge is 2.51. The van der Waals surface area contributed by atoms with Crippen molar-refractivity contribution >= 4 is 29.2 Å². The lowest BCUT2D eigenvalue weighted by Gasteiger charge is -2.37. The first-order chi connectivity index (χ1) is 15.4. The van der Waals surface area contributed by atoms with Gasteiger partial charge < -0.3 is 19.6 Å². The highest BCUT2D eigenvalue weighted by molar-refractivity contribution is 6.34. The summed E-state index contributed by atoms with van der Waals surface area (Å²) in [5.41, 5.74) is 2.10. The Hall–Kier alpha value is -2.61. The average Bonchev–Trinajstić information content (AvgIpc) is 3.35. The van der Waals surface area contributed by atoms with Crippen LogP contribution in [-0.4, -0.2) is 72.3 Å². The van der Waals surface area contributed by atoms with E-state index in [0.29, 0.717) is 35.7 Å². The zero-order valence-electron chi connectivity index (χ0n) is 18.0. The van der Waals surface area contributed by atoms with Crippen LogP contribution in [0.25, 0.3) is 0 Å². The van der Waals surface area contributed by atoms with Gasteiger partial charge in [-0.05, 0) is 31.2 Å². The molecule has 168 valence electrons. The van der Waals surface area contributed by atoms with Crippen molar-refractivity contribution in [1.29, 1.82) is 0 Å². The third kappa shape index (κ3) is 3.54. The number of benzene rings is 2. The van der Waals surface area contributed by atoms with Crippen LogP contribution in [-0.2, 0) is 10.3 Å². The van der Waals surface area contributed by atoms with E-state index in [-0.39, 0.29) is 11.9 Å². The molecule has 1 N–H and O–H groups in total. The van der Waals surface area contributed by atoms with E-state index in [9.17, 15) is 14.7 Å². The third-order valence-corrected chi connectivity index (χ3v) is 7.15. The number of ether oxygens (including phenoxy) is 1. The van der Waals surface area contributed by atoms with E-state index in [1.54, 1.807) is 24.0 Å². The maximum absolute atomic E-state index is 13.3. The number of fused-ring (bicyclic) bond motifs is 2. The summed E-state index contributed by atoms with van der Waals surface area (Å²) in [7, 11) is 0. The van der Waals surface area contributed by atoms with Crippen molar-refractivity contribution in [3.8, 4) is 0 Å². The van der Waals surface area contributed by atoms with Gasteiger partial charge in [0, 0.05) is 50.4 Å². The predicted molar refractivity (Wildman–Crippen MR) is 121 cm³/mol. The number of esters is 1. The number of rotatable bonds is 3. The number of hydrogen-bond donors (Lipinski definition) is 1.